The molecule has 0 N–H and O–H groups in total. The van der Waals surface area contributed by atoms with Gasteiger partial charge in [0, 0.05) is 0 Å². The summed E-state index contributed by atoms with van der Waals surface area (Å²) in [6.45, 7) is 7.00. The predicted octanol–water partition coefficient (Wildman–Crippen LogP) is 7.71. The van der Waals surface area contributed by atoms with Gasteiger partial charge in [0.05, 0.1) is 0 Å². The van der Waals surface area contributed by atoms with E-state index in [9.17, 15) is 0 Å². The Balaban J connectivity index is 1.72. The van der Waals surface area contributed by atoms with Crippen LogP contribution in [0.3, 0.4) is 0 Å². The first-order valence-electron chi connectivity index (χ1n) is 10.6. The molecule has 1 saturated carbocycles. The van der Waals surface area contributed by atoms with E-state index >= 15 is 0 Å². The molecule has 0 spiro atoms. The van der Waals surface area contributed by atoms with Crippen molar-refractivity contribution in [1.29, 1.82) is 0 Å². The Morgan fingerprint density at radius 2 is 1.56 bits per heavy atom. The van der Waals surface area contributed by atoms with E-state index in [4.69, 9.17) is 0 Å². The molecule has 1 unspecified atom stereocenters. The summed E-state index contributed by atoms with van der Waals surface area (Å²) in [6.07, 6.45) is 12.8. The van der Waals surface area contributed by atoms with Crippen LogP contribution in [0.4, 0.5) is 0 Å². The molecule has 0 nitrogen and oxygen atoms in total. The van der Waals surface area contributed by atoms with Gasteiger partial charge in [-0.05, 0) is 65.8 Å². The molecular weight excluding hydrogens is 300 g/mol. The number of rotatable bonds is 7. The van der Waals surface area contributed by atoms with Crippen LogP contribution in [0.1, 0.15) is 76.3 Å². The molecule has 0 aliphatic heterocycles. The highest BCUT2D eigenvalue weighted by atomic mass is 14.3. The Bertz CT molecular complexity index is 661. The van der Waals surface area contributed by atoms with Gasteiger partial charge in [-0.15, -0.1) is 0 Å². The number of benzene rings is 2. The van der Waals surface area contributed by atoms with Gasteiger partial charge in [0.15, 0.2) is 0 Å². The maximum atomic E-state index is 2.39. The molecule has 0 heterocycles. The normalized spacial score (nSPS) is 17.3. The Morgan fingerprint density at radius 1 is 0.840 bits per heavy atom. The first-order chi connectivity index (χ1) is 12.1. The van der Waals surface area contributed by atoms with E-state index in [0.717, 1.165) is 17.8 Å². The first-order valence-corrected chi connectivity index (χ1v) is 10.6. The predicted molar refractivity (Wildman–Crippen MR) is 111 cm³/mol. The zero-order valence-corrected chi connectivity index (χ0v) is 16.6. The van der Waals surface area contributed by atoms with Gasteiger partial charge in [-0.3, -0.25) is 0 Å². The maximum absolute atomic E-state index is 2.39. The van der Waals surface area contributed by atoms with Gasteiger partial charge in [-0.1, -0.05) is 88.8 Å². The van der Waals surface area contributed by atoms with Gasteiger partial charge in [0.1, 0.15) is 0 Å². The fraction of sp³-hybridized carbons (Fsp3) is 0.600. The summed E-state index contributed by atoms with van der Waals surface area (Å²) in [6, 6.07) is 13.7. The molecule has 0 saturated heterocycles. The van der Waals surface area contributed by atoms with Gasteiger partial charge in [-0.2, -0.15) is 0 Å². The van der Waals surface area contributed by atoms with Crippen LogP contribution >= 0.6 is 0 Å². The zero-order valence-electron chi connectivity index (χ0n) is 16.6. The van der Waals surface area contributed by atoms with Crippen LogP contribution in [-0.2, 0) is 6.42 Å². The second kappa shape index (κ2) is 8.88. The molecule has 3 rings (SSSR count). The molecule has 1 atom stereocenters. The molecule has 25 heavy (non-hydrogen) atoms. The lowest BCUT2D eigenvalue weighted by Gasteiger charge is -2.31. The van der Waals surface area contributed by atoms with Crippen LogP contribution in [-0.4, -0.2) is 0 Å². The fourth-order valence-electron chi connectivity index (χ4n) is 4.84. The van der Waals surface area contributed by atoms with E-state index in [1.54, 1.807) is 5.56 Å². The summed E-state index contributed by atoms with van der Waals surface area (Å²) >= 11 is 0. The van der Waals surface area contributed by atoms with E-state index in [1.807, 2.05) is 0 Å². The highest BCUT2D eigenvalue weighted by Gasteiger charge is 2.23. The first kappa shape index (κ1) is 18.5. The molecule has 0 bridgehead atoms. The summed E-state index contributed by atoms with van der Waals surface area (Å²) in [5, 5.41) is 2.92. The topological polar surface area (TPSA) is 0 Å². The molecule has 0 radical (unpaired) electrons. The third-order valence-corrected chi connectivity index (χ3v) is 6.45. The van der Waals surface area contributed by atoms with E-state index in [1.165, 1.54) is 74.1 Å². The van der Waals surface area contributed by atoms with Crippen LogP contribution in [0.15, 0.2) is 36.4 Å². The van der Waals surface area contributed by atoms with E-state index in [2.05, 4.69) is 57.2 Å². The molecule has 2 aromatic carbocycles. The number of aryl methyl sites for hydroxylation is 2. The standard InChI is InChI=1S/C25H36/c1-19(2)13-15-22(21-9-5-4-6-10-21)17-18-23-16-14-20(3)24-11-7-8-12-25(23)24/h7-8,11-12,14,16,19,21-22H,4-6,9-10,13,15,17-18H2,1-3H3. The summed E-state index contributed by atoms with van der Waals surface area (Å²) < 4.78 is 0. The molecule has 0 amide bonds. The summed E-state index contributed by atoms with van der Waals surface area (Å²) in [7, 11) is 0. The third kappa shape index (κ3) is 4.87. The van der Waals surface area contributed by atoms with Gasteiger partial charge < -0.3 is 0 Å². The molecule has 1 aliphatic carbocycles. The number of hydrogen-bond acceptors (Lipinski definition) is 0. The SMILES string of the molecule is Cc1ccc(CCC(CCC(C)C)C2CCCCC2)c2ccccc12. The van der Waals surface area contributed by atoms with Crippen LogP contribution in [0.2, 0.25) is 0 Å². The summed E-state index contributed by atoms with van der Waals surface area (Å²) in [5.74, 6) is 2.76. The van der Waals surface area contributed by atoms with Crippen molar-refractivity contribution < 1.29 is 0 Å². The summed E-state index contributed by atoms with van der Waals surface area (Å²) in [4.78, 5) is 0. The largest absolute Gasteiger partial charge is 0.0628 e. The van der Waals surface area contributed by atoms with E-state index in [-0.39, 0.29) is 0 Å². The lowest BCUT2D eigenvalue weighted by atomic mass is 9.75. The van der Waals surface area contributed by atoms with Crippen molar-refractivity contribution in [3.8, 4) is 0 Å². The molecule has 1 aliphatic rings. The second-order valence-corrected chi connectivity index (χ2v) is 8.76. The van der Waals surface area contributed by atoms with E-state index in [0.29, 0.717) is 0 Å². The van der Waals surface area contributed by atoms with Crippen molar-refractivity contribution >= 4 is 10.8 Å². The summed E-state index contributed by atoms with van der Waals surface area (Å²) in [5.41, 5.74) is 2.97. The van der Waals surface area contributed by atoms with Crippen molar-refractivity contribution in [1.82, 2.24) is 0 Å². The Kier molecular flexibility index (Phi) is 6.57. The molecular formula is C25H36. The molecule has 0 heteroatoms. The van der Waals surface area contributed by atoms with Crippen molar-refractivity contribution in [2.75, 3.05) is 0 Å². The lowest BCUT2D eigenvalue weighted by Crippen LogP contribution is -2.19. The van der Waals surface area contributed by atoms with Crippen LogP contribution < -0.4 is 0 Å². The minimum Gasteiger partial charge on any atom is -0.0628 e. The molecule has 0 aromatic heterocycles. The third-order valence-electron chi connectivity index (χ3n) is 6.45. The lowest BCUT2D eigenvalue weighted by molar-refractivity contribution is 0.215. The zero-order chi connectivity index (χ0) is 17.6. The van der Waals surface area contributed by atoms with Crippen molar-refractivity contribution in [2.45, 2.75) is 78.6 Å². The average Bonchev–Trinajstić information content (AvgIpc) is 2.64. The van der Waals surface area contributed by atoms with Gasteiger partial charge >= 0.3 is 0 Å². The Hall–Kier alpha value is -1.30. The number of fused-ring (bicyclic) bond motifs is 1. The second-order valence-electron chi connectivity index (χ2n) is 8.76. The molecule has 1 fully saturated rings. The Morgan fingerprint density at radius 3 is 2.28 bits per heavy atom. The van der Waals surface area contributed by atoms with Crippen LogP contribution in [0.25, 0.3) is 10.8 Å². The van der Waals surface area contributed by atoms with Crippen LogP contribution in [0, 0.1) is 24.7 Å². The minimum absolute atomic E-state index is 0.839. The fourth-order valence-corrected chi connectivity index (χ4v) is 4.84. The maximum Gasteiger partial charge on any atom is -0.0149 e. The smallest absolute Gasteiger partial charge is 0.0149 e. The highest BCUT2D eigenvalue weighted by molar-refractivity contribution is 5.88. The quantitative estimate of drug-likeness (QED) is 0.485. The molecule has 136 valence electrons. The minimum atomic E-state index is 0.839. The van der Waals surface area contributed by atoms with Gasteiger partial charge in [-0.25, -0.2) is 0 Å². The Labute approximate surface area is 155 Å². The van der Waals surface area contributed by atoms with E-state index < -0.39 is 0 Å². The van der Waals surface area contributed by atoms with Gasteiger partial charge in [0.2, 0.25) is 0 Å². The number of hydrogen-bond donors (Lipinski definition) is 0. The van der Waals surface area contributed by atoms with Crippen molar-refractivity contribution in [3.05, 3.63) is 47.5 Å². The van der Waals surface area contributed by atoms with Crippen LogP contribution in [0.5, 0.6) is 0 Å². The molecule has 2 aromatic rings. The van der Waals surface area contributed by atoms with Gasteiger partial charge in [0.25, 0.3) is 0 Å². The monoisotopic (exact) mass is 336 g/mol. The average molecular weight is 337 g/mol. The van der Waals surface area contributed by atoms with Crippen molar-refractivity contribution in [2.24, 2.45) is 17.8 Å². The highest BCUT2D eigenvalue weighted by Crippen LogP contribution is 2.36. The van der Waals surface area contributed by atoms with Crippen molar-refractivity contribution in [3.63, 3.8) is 0 Å².